The molecule has 0 spiro atoms. The van der Waals surface area contributed by atoms with Crippen LogP contribution in [-0.4, -0.2) is 33.9 Å². The molecule has 3 aromatic rings. The van der Waals surface area contributed by atoms with Crippen LogP contribution in [-0.2, 0) is 0 Å². The van der Waals surface area contributed by atoms with Crippen LogP contribution >= 0.6 is 0 Å². The second-order valence-electron chi connectivity index (χ2n) is 6.96. The van der Waals surface area contributed by atoms with Gasteiger partial charge in [0.1, 0.15) is 11.5 Å². The standard InChI is InChI=1S/C22H23N5O/c1-16-21(22(28)25-18-8-4-2-5-9-18)26-19(15-23-16)17-10-11-20(24-14-17)27-12-6-3-7-13-27/h2,4-5,8-11,14-15H,3,6-7,12-13H2,1H3,(H,25,28). The number of hydrogen-bond donors (Lipinski definition) is 1. The summed E-state index contributed by atoms with van der Waals surface area (Å²) in [5, 5.41) is 2.87. The molecule has 1 N–H and O–H groups in total. The number of para-hydroxylation sites is 1. The predicted molar refractivity (Wildman–Crippen MR) is 110 cm³/mol. The molecule has 0 saturated carbocycles. The first kappa shape index (κ1) is 18.1. The molecule has 2 aromatic heterocycles. The van der Waals surface area contributed by atoms with Gasteiger partial charge in [0.25, 0.3) is 5.91 Å². The van der Waals surface area contributed by atoms with Crippen molar-refractivity contribution in [1.82, 2.24) is 15.0 Å². The van der Waals surface area contributed by atoms with Gasteiger partial charge in [0.15, 0.2) is 0 Å². The molecule has 0 aliphatic carbocycles. The number of pyridine rings is 1. The Morgan fingerprint density at radius 3 is 2.46 bits per heavy atom. The molecule has 0 bridgehead atoms. The second kappa shape index (κ2) is 8.17. The van der Waals surface area contributed by atoms with Gasteiger partial charge in [0, 0.05) is 30.5 Å². The molecule has 1 fully saturated rings. The van der Waals surface area contributed by atoms with Gasteiger partial charge < -0.3 is 10.2 Å². The Bertz CT molecular complexity index is 950. The lowest BCUT2D eigenvalue weighted by atomic mass is 10.1. The fourth-order valence-corrected chi connectivity index (χ4v) is 3.36. The predicted octanol–water partition coefficient (Wildman–Crippen LogP) is 4.09. The Labute approximate surface area is 164 Å². The van der Waals surface area contributed by atoms with Gasteiger partial charge in [-0.15, -0.1) is 0 Å². The van der Waals surface area contributed by atoms with E-state index in [0.29, 0.717) is 17.1 Å². The Morgan fingerprint density at radius 1 is 0.964 bits per heavy atom. The Kier molecular flexibility index (Phi) is 5.28. The molecule has 1 aromatic carbocycles. The molecule has 0 radical (unpaired) electrons. The van der Waals surface area contributed by atoms with E-state index >= 15 is 0 Å². The minimum atomic E-state index is -0.268. The van der Waals surface area contributed by atoms with Crippen LogP contribution in [0.4, 0.5) is 11.5 Å². The summed E-state index contributed by atoms with van der Waals surface area (Å²) < 4.78 is 0. The molecule has 6 heteroatoms. The number of piperidine rings is 1. The molecule has 1 aliphatic heterocycles. The topological polar surface area (TPSA) is 71.0 Å². The average molecular weight is 373 g/mol. The normalized spacial score (nSPS) is 14.0. The smallest absolute Gasteiger partial charge is 0.276 e. The summed E-state index contributed by atoms with van der Waals surface area (Å²) in [5.74, 6) is 0.724. The third-order valence-corrected chi connectivity index (χ3v) is 4.93. The summed E-state index contributed by atoms with van der Waals surface area (Å²) in [6, 6.07) is 13.4. The largest absolute Gasteiger partial charge is 0.357 e. The summed E-state index contributed by atoms with van der Waals surface area (Å²) >= 11 is 0. The van der Waals surface area contributed by atoms with Crippen molar-refractivity contribution in [3.8, 4) is 11.3 Å². The molecular formula is C22H23N5O. The Hall–Kier alpha value is -3.28. The summed E-state index contributed by atoms with van der Waals surface area (Å²) in [7, 11) is 0. The first-order valence-electron chi connectivity index (χ1n) is 9.62. The molecule has 1 amide bonds. The third-order valence-electron chi connectivity index (χ3n) is 4.93. The minimum Gasteiger partial charge on any atom is -0.357 e. The lowest BCUT2D eigenvalue weighted by molar-refractivity contribution is 0.102. The zero-order valence-electron chi connectivity index (χ0n) is 15.9. The van der Waals surface area contributed by atoms with Crippen molar-refractivity contribution in [3.63, 3.8) is 0 Å². The van der Waals surface area contributed by atoms with Gasteiger partial charge in [-0.1, -0.05) is 18.2 Å². The van der Waals surface area contributed by atoms with Gasteiger partial charge in [0.2, 0.25) is 0 Å². The second-order valence-corrected chi connectivity index (χ2v) is 6.96. The zero-order valence-corrected chi connectivity index (χ0v) is 15.9. The fraction of sp³-hybridized carbons (Fsp3) is 0.273. The molecule has 1 aliphatic rings. The number of carbonyl (C=O) groups is 1. The molecule has 0 atom stereocenters. The quantitative estimate of drug-likeness (QED) is 0.746. The number of hydrogen-bond acceptors (Lipinski definition) is 5. The van der Waals surface area contributed by atoms with E-state index in [0.717, 1.165) is 30.2 Å². The van der Waals surface area contributed by atoms with E-state index in [1.54, 1.807) is 13.1 Å². The van der Waals surface area contributed by atoms with Gasteiger partial charge in [0.05, 0.1) is 17.6 Å². The number of rotatable bonds is 4. The number of anilines is 2. The van der Waals surface area contributed by atoms with E-state index in [9.17, 15) is 4.79 Å². The van der Waals surface area contributed by atoms with Crippen LogP contribution in [0.2, 0.25) is 0 Å². The highest BCUT2D eigenvalue weighted by molar-refractivity contribution is 6.03. The third kappa shape index (κ3) is 4.01. The highest BCUT2D eigenvalue weighted by Crippen LogP contribution is 2.22. The maximum atomic E-state index is 12.6. The molecule has 142 valence electrons. The van der Waals surface area contributed by atoms with Crippen molar-refractivity contribution >= 4 is 17.4 Å². The van der Waals surface area contributed by atoms with Gasteiger partial charge in [-0.3, -0.25) is 9.78 Å². The molecule has 1 saturated heterocycles. The average Bonchev–Trinajstić information content (AvgIpc) is 2.75. The molecule has 0 unspecified atom stereocenters. The first-order valence-corrected chi connectivity index (χ1v) is 9.62. The van der Waals surface area contributed by atoms with Crippen LogP contribution in [0.5, 0.6) is 0 Å². The highest BCUT2D eigenvalue weighted by Gasteiger charge is 2.15. The minimum absolute atomic E-state index is 0.268. The number of amides is 1. The number of nitrogens with zero attached hydrogens (tertiary/aromatic N) is 4. The summed E-state index contributed by atoms with van der Waals surface area (Å²) in [6.45, 7) is 3.90. The van der Waals surface area contributed by atoms with Crippen LogP contribution in [0.3, 0.4) is 0 Å². The van der Waals surface area contributed by atoms with E-state index in [-0.39, 0.29) is 5.91 Å². The SMILES string of the molecule is Cc1ncc(-c2ccc(N3CCCCC3)nc2)nc1C(=O)Nc1ccccc1. The van der Waals surface area contributed by atoms with Crippen LogP contribution in [0.25, 0.3) is 11.3 Å². The van der Waals surface area contributed by atoms with E-state index in [1.807, 2.05) is 48.7 Å². The van der Waals surface area contributed by atoms with E-state index in [4.69, 9.17) is 0 Å². The van der Waals surface area contributed by atoms with Gasteiger partial charge in [-0.2, -0.15) is 0 Å². The van der Waals surface area contributed by atoms with Crippen LogP contribution in [0.15, 0.2) is 54.9 Å². The molecule has 28 heavy (non-hydrogen) atoms. The first-order chi connectivity index (χ1) is 13.7. The van der Waals surface area contributed by atoms with Crippen molar-refractivity contribution < 1.29 is 4.79 Å². The van der Waals surface area contributed by atoms with Crippen molar-refractivity contribution in [2.24, 2.45) is 0 Å². The molecular weight excluding hydrogens is 350 g/mol. The zero-order chi connectivity index (χ0) is 19.3. The Balaban J connectivity index is 1.55. The molecule has 6 nitrogen and oxygen atoms in total. The fourth-order valence-electron chi connectivity index (χ4n) is 3.36. The van der Waals surface area contributed by atoms with Crippen molar-refractivity contribution in [3.05, 3.63) is 66.2 Å². The van der Waals surface area contributed by atoms with Crippen LogP contribution in [0.1, 0.15) is 35.4 Å². The monoisotopic (exact) mass is 373 g/mol. The maximum Gasteiger partial charge on any atom is 0.276 e. The van der Waals surface area contributed by atoms with Crippen LogP contribution in [0, 0.1) is 6.92 Å². The highest BCUT2D eigenvalue weighted by atomic mass is 16.1. The van der Waals surface area contributed by atoms with Gasteiger partial charge in [-0.05, 0) is 50.5 Å². The number of carbonyl (C=O) groups excluding carboxylic acids is 1. The van der Waals surface area contributed by atoms with Gasteiger partial charge >= 0.3 is 0 Å². The number of aromatic nitrogens is 3. The van der Waals surface area contributed by atoms with E-state index in [2.05, 4.69) is 25.2 Å². The lowest BCUT2D eigenvalue weighted by Crippen LogP contribution is -2.29. The van der Waals surface area contributed by atoms with Gasteiger partial charge in [-0.25, -0.2) is 9.97 Å². The van der Waals surface area contributed by atoms with Crippen LogP contribution < -0.4 is 10.2 Å². The molecule has 3 heterocycles. The number of benzene rings is 1. The maximum absolute atomic E-state index is 12.6. The van der Waals surface area contributed by atoms with Crippen molar-refractivity contribution in [1.29, 1.82) is 0 Å². The molecule has 4 rings (SSSR count). The number of aryl methyl sites for hydroxylation is 1. The number of nitrogens with one attached hydrogen (secondary N) is 1. The lowest BCUT2D eigenvalue weighted by Gasteiger charge is -2.27. The van der Waals surface area contributed by atoms with E-state index in [1.165, 1.54) is 19.3 Å². The van der Waals surface area contributed by atoms with Crippen molar-refractivity contribution in [2.45, 2.75) is 26.2 Å². The summed E-state index contributed by atoms with van der Waals surface area (Å²) in [4.78, 5) is 28.5. The Morgan fingerprint density at radius 2 is 1.75 bits per heavy atom. The summed E-state index contributed by atoms with van der Waals surface area (Å²) in [6.07, 6.45) is 7.22. The summed E-state index contributed by atoms with van der Waals surface area (Å²) in [5.41, 5.74) is 3.13. The van der Waals surface area contributed by atoms with E-state index < -0.39 is 0 Å². The van der Waals surface area contributed by atoms with Crippen molar-refractivity contribution in [2.75, 3.05) is 23.3 Å².